The molecule has 0 unspecified atom stereocenters. The van der Waals surface area contributed by atoms with Crippen LogP contribution in [0.4, 0.5) is 5.13 Å². The number of aromatic nitrogens is 3. The van der Waals surface area contributed by atoms with E-state index in [1.54, 1.807) is 24.0 Å². The molecule has 0 aliphatic heterocycles. The molecular formula is C14H14N4OS. The van der Waals surface area contributed by atoms with Crippen molar-refractivity contribution in [2.75, 3.05) is 5.32 Å². The summed E-state index contributed by atoms with van der Waals surface area (Å²) in [4.78, 5) is 16.5. The number of carbonyl (C=O) groups excluding carboxylic acids is 1. The van der Waals surface area contributed by atoms with Gasteiger partial charge >= 0.3 is 0 Å². The Labute approximate surface area is 120 Å². The smallest absolute Gasteiger partial charge is 0.277 e. The van der Waals surface area contributed by atoms with Crippen molar-refractivity contribution in [3.63, 3.8) is 0 Å². The summed E-state index contributed by atoms with van der Waals surface area (Å²) < 4.78 is 2.70. The van der Waals surface area contributed by atoms with Crippen LogP contribution in [0.25, 0.3) is 10.2 Å². The third-order valence-electron chi connectivity index (χ3n) is 2.99. The normalized spacial score (nSPS) is 10.9. The molecule has 20 heavy (non-hydrogen) atoms. The molecule has 5 nitrogen and oxygen atoms in total. The number of aryl methyl sites for hydroxylation is 3. The number of benzene rings is 1. The molecule has 3 aromatic rings. The van der Waals surface area contributed by atoms with Crippen molar-refractivity contribution < 1.29 is 4.79 Å². The third-order valence-corrected chi connectivity index (χ3v) is 4.11. The predicted molar refractivity (Wildman–Crippen MR) is 80.3 cm³/mol. The van der Waals surface area contributed by atoms with Gasteiger partial charge in [0.1, 0.15) is 0 Å². The average Bonchev–Trinajstić information content (AvgIpc) is 2.95. The van der Waals surface area contributed by atoms with Crippen molar-refractivity contribution in [2.24, 2.45) is 7.05 Å². The highest BCUT2D eigenvalue weighted by atomic mass is 32.1. The molecule has 1 aromatic carbocycles. The SMILES string of the molecule is Cc1cc(C)c2sc(NC(=O)c3ccn(C)n3)nc2c1. The van der Waals surface area contributed by atoms with Gasteiger partial charge in [0.2, 0.25) is 0 Å². The summed E-state index contributed by atoms with van der Waals surface area (Å²) in [6.45, 7) is 4.09. The van der Waals surface area contributed by atoms with Crippen LogP contribution in [0.3, 0.4) is 0 Å². The van der Waals surface area contributed by atoms with Gasteiger partial charge in [-0.05, 0) is 37.1 Å². The molecule has 0 fully saturated rings. The molecule has 0 aliphatic rings. The highest BCUT2D eigenvalue weighted by Gasteiger charge is 2.13. The van der Waals surface area contributed by atoms with E-state index >= 15 is 0 Å². The zero-order chi connectivity index (χ0) is 14.3. The molecule has 0 saturated carbocycles. The van der Waals surface area contributed by atoms with Crippen LogP contribution in [0.15, 0.2) is 24.4 Å². The fourth-order valence-corrected chi connectivity index (χ4v) is 3.04. The molecule has 3 rings (SSSR count). The van der Waals surface area contributed by atoms with Crippen LogP contribution in [0.2, 0.25) is 0 Å². The number of nitrogens with zero attached hydrogens (tertiary/aromatic N) is 3. The number of fused-ring (bicyclic) bond motifs is 1. The van der Waals surface area contributed by atoms with Crippen molar-refractivity contribution in [1.29, 1.82) is 0 Å². The topological polar surface area (TPSA) is 59.8 Å². The number of hydrogen-bond donors (Lipinski definition) is 1. The molecule has 0 bridgehead atoms. The first-order valence-electron chi connectivity index (χ1n) is 6.22. The predicted octanol–water partition coefficient (Wildman–Crippen LogP) is 2.90. The monoisotopic (exact) mass is 286 g/mol. The minimum Gasteiger partial charge on any atom is -0.296 e. The van der Waals surface area contributed by atoms with Gasteiger partial charge < -0.3 is 0 Å². The summed E-state index contributed by atoms with van der Waals surface area (Å²) in [5.41, 5.74) is 3.65. The Morgan fingerprint density at radius 2 is 2.15 bits per heavy atom. The largest absolute Gasteiger partial charge is 0.296 e. The highest BCUT2D eigenvalue weighted by molar-refractivity contribution is 7.22. The number of amides is 1. The maximum Gasteiger partial charge on any atom is 0.277 e. The highest BCUT2D eigenvalue weighted by Crippen LogP contribution is 2.29. The first kappa shape index (κ1) is 12.8. The second-order valence-corrected chi connectivity index (χ2v) is 5.78. The molecule has 0 spiro atoms. The van der Waals surface area contributed by atoms with Crippen molar-refractivity contribution >= 4 is 32.6 Å². The molecule has 0 radical (unpaired) electrons. The van der Waals surface area contributed by atoms with Crippen LogP contribution < -0.4 is 5.32 Å². The van der Waals surface area contributed by atoms with Gasteiger partial charge in [-0.1, -0.05) is 17.4 Å². The van der Waals surface area contributed by atoms with Crippen LogP contribution in [0.5, 0.6) is 0 Å². The zero-order valence-electron chi connectivity index (χ0n) is 11.5. The first-order valence-corrected chi connectivity index (χ1v) is 7.03. The lowest BCUT2D eigenvalue weighted by atomic mass is 10.1. The van der Waals surface area contributed by atoms with Gasteiger partial charge in [0, 0.05) is 13.2 Å². The maximum absolute atomic E-state index is 12.0. The minimum absolute atomic E-state index is 0.237. The Hall–Kier alpha value is -2.21. The number of nitrogens with one attached hydrogen (secondary N) is 1. The fraction of sp³-hybridized carbons (Fsp3) is 0.214. The fourth-order valence-electron chi connectivity index (χ4n) is 2.13. The Balaban J connectivity index is 1.91. The van der Waals surface area contributed by atoms with Crippen molar-refractivity contribution in [2.45, 2.75) is 13.8 Å². The Kier molecular flexibility index (Phi) is 3.02. The van der Waals surface area contributed by atoms with Crippen LogP contribution in [-0.2, 0) is 7.05 Å². The molecule has 0 aliphatic carbocycles. The van der Waals surface area contributed by atoms with E-state index in [0.29, 0.717) is 10.8 Å². The lowest BCUT2D eigenvalue weighted by Crippen LogP contribution is -2.12. The number of rotatable bonds is 2. The molecule has 1 N–H and O–H groups in total. The maximum atomic E-state index is 12.0. The Morgan fingerprint density at radius 1 is 1.35 bits per heavy atom. The molecule has 0 atom stereocenters. The summed E-state index contributed by atoms with van der Waals surface area (Å²) in [7, 11) is 1.78. The minimum atomic E-state index is -0.237. The van der Waals surface area contributed by atoms with Gasteiger partial charge in [-0.25, -0.2) is 4.98 Å². The zero-order valence-corrected chi connectivity index (χ0v) is 12.3. The molecule has 102 valence electrons. The van der Waals surface area contributed by atoms with E-state index in [0.717, 1.165) is 10.2 Å². The quantitative estimate of drug-likeness (QED) is 0.788. The molecule has 6 heteroatoms. The van der Waals surface area contributed by atoms with E-state index in [4.69, 9.17) is 0 Å². The van der Waals surface area contributed by atoms with Crippen LogP contribution >= 0.6 is 11.3 Å². The number of hydrogen-bond acceptors (Lipinski definition) is 4. The van der Waals surface area contributed by atoms with Crippen LogP contribution in [0.1, 0.15) is 21.6 Å². The summed E-state index contributed by atoms with van der Waals surface area (Å²) in [6.07, 6.45) is 1.74. The van der Waals surface area contributed by atoms with Gasteiger partial charge in [0.15, 0.2) is 10.8 Å². The molecule has 2 heterocycles. The van der Waals surface area contributed by atoms with Crippen molar-refractivity contribution in [3.8, 4) is 0 Å². The van der Waals surface area contributed by atoms with E-state index in [-0.39, 0.29) is 5.91 Å². The summed E-state index contributed by atoms with van der Waals surface area (Å²) >= 11 is 1.48. The molecule has 2 aromatic heterocycles. The standard InChI is InChI=1S/C14H14N4OS/c1-8-6-9(2)12-11(7-8)15-14(20-12)16-13(19)10-4-5-18(3)17-10/h4-7H,1-3H3,(H,15,16,19). The second-order valence-electron chi connectivity index (χ2n) is 4.78. The van der Waals surface area contributed by atoms with E-state index in [1.807, 2.05) is 13.0 Å². The van der Waals surface area contributed by atoms with Gasteiger partial charge in [0.25, 0.3) is 5.91 Å². The molecular weight excluding hydrogens is 272 g/mol. The Bertz CT molecular complexity index is 803. The van der Waals surface area contributed by atoms with Gasteiger partial charge in [-0.15, -0.1) is 0 Å². The van der Waals surface area contributed by atoms with Gasteiger partial charge in [-0.3, -0.25) is 14.8 Å². The number of thiazole rings is 1. The van der Waals surface area contributed by atoms with Crippen LogP contribution in [-0.4, -0.2) is 20.7 Å². The van der Waals surface area contributed by atoms with Gasteiger partial charge in [-0.2, -0.15) is 5.10 Å². The Morgan fingerprint density at radius 3 is 2.85 bits per heavy atom. The van der Waals surface area contributed by atoms with E-state index < -0.39 is 0 Å². The van der Waals surface area contributed by atoms with Crippen molar-refractivity contribution in [3.05, 3.63) is 41.2 Å². The van der Waals surface area contributed by atoms with Crippen molar-refractivity contribution in [1.82, 2.24) is 14.8 Å². The third kappa shape index (κ3) is 2.30. The lowest BCUT2D eigenvalue weighted by Gasteiger charge is -1.96. The molecule has 0 saturated heterocycles. The number of carbonyl (C=O) groups is 1. The van der Waals surface area contributed by atoms with E-state index in [1.165, 1.54) is 22.5 Å². The molecule has 1 amide bonds. The van der Waals surface area contributed by atoms with E-state index in [2.05, 4.69) is 28.4 Å². The van der Waals surface area contributed by atoms with Crippen LogP contribution in [0, 0.1) is 13.8 Å². The second kappa shape index (κ2) is 4.72. The summed E-state index contributed by atoms with van der Waals surface area (Å²) in [6, 6.07) is 5.82. The van der Waals surface area contributed by atoms with E-state index in [9.17, 15) is 4.79 Å². The van der Waals surface area contributed by atoms with Gasteiger partial charge in [0.05, 0.1) is 10.2 Å². The lowest BCUT2D eigenvalue weighted by molar-refractivity contribution is 0.102. The first-order chi connectivity index (χ1) is 9.52. The summed E-state index contributed by atoms with van der Waals surface area (Å²) in [5.74, 6) is -0.237. The average molecular weight is 286 g/mol. The number of anilines is 1. The summed E-state index contributed by atoms with van der Waals surface area (Å²) in [5, 5.41) is 7.48.